The van der Waals surface area contributed by atoms with Crippen molar-refractivity contribution in [2.45, 2.75) is 25.1 Å². The third-order valence-corrected chi connectivity index (χ3v) is 5.73. The minimum atomic E-state index is -2.97. The van der Waals surface area contributed by atoms with E-state index in [1.807, 2.05) is 0 Å². The summed E-state index contributed by atoms with van der Waals surface area (Å²) >= 11 is 3.55. The highest BCUT2D eigenvalue weighted by molar-refractivity contribution is 9.09. The largest absolute Gasteiger partial charge is 0.213 e. The van der Waals surface area contributed by atoms with Crippen LogP contribution in [0, 0.1) is 5.92 Å². The molecule has 1 aliphatic rings. The van der Waals surface area contributed by atoms with Crippen molar-refractivity contribution in [1.82, 2.24) is 4.31 Å². The van der Waals surface area contributed by atoms with Crippen LogP contribution < -0.4 is 0 Å². The molecule has 13 heavy (non-hydrogen) atoms. The Bertz CT molecular complexity index is 265. The number of piperidine rings is 1. The van der Waals surface area contributed by atoms with Crippen molar-refractivity contribution in [3.63, 3.8) is 0 Å². The first kappa shape index (κ1) is 11.5. The third-order valence-electron chi connectivity index (χ3n) is 2.52. The second-order valence-electron chi connectivity index (χ2n) is 3.54. The summed E-state index contributed by atoms with van der Waals surface area (Å²) in [6.45, 7) is 5.10. The highest BCUT2D eigenvalue weighted by Crippen LogP contribution is 2.24. The Kier molecular flexibility index (Phi) is 3.77. The Morgan fingerprint density at radius 2 is 2.15 bits per heavy atom. The summed E-state index contributed by atoms with van der Waals surface area (Å²) in [4.78, 5) is 0.468. The van der Waals surface area contributed by atoms with Crippen LogP contribution in [-0.4, -0.2) is 36.4 Å². The fraction of sp³-hybridized carbons (Fsp3) is 1.00. The van der Waals surface area contributed by atoms with Crippen molar-refractivity contribution >= 4 is 26.0 Å². The first-order chi connectivity index (χ1) is 5.97. The molecule has 1 rings (SSSR count). The molecule has 0 aromatic rings. The van der Waals surface area contributed by atoms with Gasteiger partial charge in [0.15, 0.2) is 0 Å². The first-order valence-corrected chi connectivity index (χ1v) is 7.11. The average Bonchev–Trinajstić information content (AvgIpc) is 2.09. The van der Waals surface area contributed by atoms with Crippen LogP contribution in [0.15, 0.2) is 0 Å². The minimum Gasteiger partial charge on any atom is -0.212 e. The lowest BCUT2D eigenvalue weighted by Gasteiger charge is -2.33. The SMILES string of the molecule is CCS(=O)(=O)N1CCC(Br)C(C)C1. The van der Waals surface area contributed by atoms with Gasteiger partial charge < -0.3 is 0 Å². The molecule has 0 N–H and O–H groups in total. The number of hydrogen-bond donors (Lipinski definition) is 0. The topological polar surface area (TPSA) is 37.4 Å². The predicted octanol–water partition coefficient (Wildman–Crippen LogP) is 1.44. The van der Waals surface area contributed by atoms with Crippen molar-refractivity contribution < 1.29 is 8.42 Å². The fourth-order valence-electron chi connectivity index (χ4n) is 1.51. The lowest BCUT2D eigenvalue weighted by atomic mass is 10.0. The monoisotopic (exact) mass is 269 g/mol. The summed E-state index contributed by atoms with van der Waals surface area (Å²) in [5.74, 6) is 0.627. The van der Waals surface area contributed by atoms with E-state index in [-0.39, 0.29) is 5.75 Å². The highest BCUT2D eigenvalue weighted by Gasteiger charge is 2.29. The zero-order chi connectivity index (χ0) is 10.1. The Balaban J connectivity index is 2.66. The summed E-state index contributed by atoms with van der Waals surface area (Å²) in [6, 6.07) is 0. The molecule has 1 heterocycles. The van der Waals surface area contributed by atoms with E-state index in [0.717, 1.165) is 6.42 Å². The summed E-state index contributed by atoms with van der Waals surface area (Å²) in [5.41, 5.74) is 0. The van der Waals surface area contributed by atoms with Crippen LogP contribution in [-0.2, 0) is 10.0 Å². The smallest absolute Gasteiger partial charge is 0.212 e. The second kappa shape index (κ2) is 4.28. The second-order valence-corrected chi connectivity index (χ2v) is 6.97. The molecular formula is C8H16BrNO2S. The van der Waals surface area contributed by atoms with E-state index in [2.05, 4.69) is 22.9 Å². The van der Waals surface area contributed by atoms with Gasteiger partial charge in [0.25, 0.3) is 0 Å². The molecule has 0 aromatic heterocycles. The number of nitrogens with zero attached hydrogens (tertiary/aromatic N) is 1. The molecule has 78 valence electrons. The molecule has 5 heteroatoms. The van der Waals surface area contributed by atoms with Crippen molar-refractivity contribution in [2.75, 3.05) is 18.8 Å². The van der Waals surface area contributed by atoms with Crippen LogP contribution in [0.1, 0.15) is 20.3 Å². The van der Waals surface area contributed by atoms with Crippen molar-refractivity contribution in [1.29, 1.82) is 0 Å². The van der Waals surface area contributed by atoms with Crippen molar-refractivity contribution in [3.8, 4) is 0 Å². The summed E-state index contributed by atoms with van der Waals surface area (Å²) < 4.78 is 24.6. The quantitative estimate of drug-likeness (QED) is 0.712. The third kappa shape index (κ3) is 2.67. The number of halogens is 1. The molecule has 1 fully saturated rings. The lowest BCUT2D eigenvalue weighted by Crippen LogP contribution is -2.43. The average molecular weight is 270 g/mol. The molecule has 1 saturated heterocycles. The molecule has 0 radical (unpaired) electrons. The molecule has 2 unspecified atom stereocenters. The summed E-state index contributed by atoms with van der Waals surface area (Å²) in [6.07, 6.45) is 0.917. The van der Waals surface area contributed by atoms with E-state index in [9.17, 15) is 8.42 Å². The van der Waals surface area contributed by atoms with Crippen LogP contribution in [0.25, 0.3) is 0 Å². The summed E-state index contributed by atoms with van der Waals surface area (Å²) in [7, 11) is -2.97. The van der Waals surface area contributed by atoms with Crippen molar-refractivity contribution in [2.24, 2.45) is 5.92 Å². The van der Waals surface area contributed by atoms with E-state index in [1.54, 1.807) is 11.2 Å². The van der Waals surface area contributed by atoms with E-state index in [1.165, 1.54) is 0 Å². The van der Waals surface area contributed by atoms with Crippen LogP contribution in [0.2, 0.25) is 0 Å². The molecule has 0 aromatic carbocycles. The van der Waals surface area contributed by atoms with Crippen LogP contribution in [0.3, 0.4) is 0 Å². The molecule has 0 spiro atoms. The molecule has 0 amide bonds. The van der Waals surface area contributed by atoms with Gasteiger partial charge in [-0.15, -0.1) is 0 Å². The van der Waals surface area contributed by atoms with E-state index < -0.39 is 10.0 Å². The standard InChI is InChI=1S/C8H16BrNO2S/c1-3-13(11,12)10-5-4-8(9)7(2)6-10/h7-8H,3-6H2,1-2H3. The zero-order valence-corrected chi connectivity index (χ0v) is 10.4. The Hall–Kier alpha value is 0.390. The van der Waals surface area contributed by atoms with Gasteiger partial charge in [0, 0.05) is 17.9 Å². The number of sulfonamides is 1. The van der Waals surface area contributed by atoms with Gasteiger partial charge in [0.2, 0.25) is 10.0 Å². The zero-order valence-electron chi connectivity index (χ0n) is 8.03. The van der Waals surface area contributed by atoms with Gasteiger partial charge in [-0.05, 0) is 19.3 Å². The lowest BCUT2D eigenvalue weighted by molar-refractivity contribution is 0.292. The molecule has 3 nitrogen and oxygen atoms in total. The first-order valence-electron chi connectivity index (χ1n) is 4.59. The minimum absolute atomic E-state index is 0.215. The number of rotatable bonds is 2. The maximum absolute atomic E-state index is 11.5. The molecule has 0 saturated carbocycles. The molecule has 1 aliphatic heterocycles. The molecule has 0 bridgehead atoms. The molecule has 0 aliphatic carbocycles. The van der Waals surface area contributed by atoms with Gasteiger partial charge in [-0.25, -0.2) is 12.7 Å². The van der Waals surface area contributed by atoms with E-state index in [0.29, 0.717) is 23.8 Å². The van der Waals surface area contributed by atoms with Gasteiger partial charge in [0.05, 0.1) is 5.75 Å². The highest BCUT2D eigenvalue weighted by atomic mass is 79.9. The van der Waals surface area contributed by atoms with E-state index in [4.69, 9.17) is 0 Å². The van der Waals surface area contributed by atoms with Gasteiger partial charge >= 0.3 is 0 Å². The van der Waals surface area contributed by atoms with Gasteiger partial charge in [-0.3, -0.25) is 0 Å². The van der Waals surface area contributed by atoms with Gasteiger partial charge in [0.1, 0.15) is 0 Å². The maximum atomic E-state index is 11.5. The summed E-state index contributed by atoms with van der Waals surface area (Å²) in [5, 5.41) is 0. The predicted molar refractivity (Wildman–Crippen MR) is 57.5 cm³/mol. The fourth-order valence-corrected chi connectivity index (χ4v) is 3.10. The van der Waals surface area contributed by atoms with E-state index >= 15 is 0 Å². The number of alkyl halides is 1. The normalized spacial score (nSPS) is 31.9. The maximum Gasteiger partial charge on any atom is 0.213 e. The molecular weight excluding hydrogens is 254 g/mol. The Morgan fingerprint density at radius 3 is 2.62 bits per heavy atom. The van der Waals surface area contributed by atoms with Crippen LogP contribution in [0.4, 0.5) is 0 Å². The van der Waals surface area contributed by atoms with Crippen molar-refractivity contribution in [3.05, 3.63) is 0 Å². The molecule has 2 atom stereocenters. The van der Waals surface area contributed by atoms with Gasteiger partial charge in [-0.1, -0.05) is 22.9 Å². The van der Waals surface area contributed by atoms with Crippen LogP contribution >= 0.6 is 15.9 Å². The Labute approximate surface area is 88.7 Å². The van der Waals surface area contributed by atoms with Crippen LogP contribution in [0.5, 0.6) is 0 Å². The van der Waals surface area contributed by atoms with Gasteiger partial charge in [-0.2, -0.15) is 0 Å². The Morgan fingerprint density at radius 1 is 1.54 bits per heavy atom. The number of hydrogen-bond acceptors (Lipinski definition) is 2.